The molecule has 1 aliphatic heterocycles. The van der Waals surface area contributed by atoms with Crippen LogP contribution in [0.2, 0.25) is 0 Å². The Morgan fingerprint density at radius 2 is 1.93 bits per heavy atom. The summed E-state index contributed by atoms with van der Waals surface area (Å²) in [6.45, 7) is 15.0. The first-order chi connectivity index (χ1) is 6.62. The molecule has 1 atom stereocenters. The summed E-state index contributed by atoms with van der Waals surface area (Å²) < 4.78 is 0. The maximum absolute atomic E-state index is 12.0. The predicted molar refractivity (Wildman–Crippen MR) is 63.6 cm³/mol. The lowest BCUT2D eigenvalue weighted by atomic mass is 9.84. The highest BCUT2D eigenvalue weighted by Crippen LogP contribution is 2.35. The molecule has 0 radical (unpaired) electrons. The van der Waals surface area contributed by atoms with E-state index in [9.17, 15) is 4.79 Å². The normalized spacial score (nSPS) is 25.7. The molecule has 1 aliphatic rings. The number of carbonyl (C=O) groups is 1. The van der Waals surface area contributed by atoms with Crippen LogP contribution in [-0.4, -0.2) is 23.9 Å². The number of nitrogens with zero attached hydrogens (tertiary/aromatic N) is 1. The van der Waals surface area contributed by atoms with Crippen molar-refractivity contribution in [3.05, 3.63) is 0 Å². The quantitative estimate of drug-likeness (QED) is 0.653. The van der Waals surface area contributed by atoms with Crippen LogP contribution < -0.4 is 0 Å². The van der Waals surface area contributed by atoms with Crippen molar-refractivity contribution in [2.24, 2.45) is 16.7 Å². The molecule has 0 bridgehead atoms. The standard InChI is InChI=1S/C13H25NO/c1-10-8-14(9-13(10,5)6)11(15)7-12(2,3)4/h10H,7-9H2,1-6H3/t10-/m0/s1. The molecule has 1 rings (SSSR count). The molecule has 1 fully saturated rings. The summed E-state index contributed by atoms with van der Waals surface area (Å²) >= 11 is 0. The lowest BCUT2D eigenvalue weighted by Gasteiger charge is -2.24. The van der Waals surface area contributed by atoms with Gasteiger partial charge in [0.2, 0.25) is 5.91 Å². The van der Waals surface area contributed by atoms with Gasteiger partial charge in [0, 0.05) is 19.5 Å². The van der Waals surface area contributed by atoms with Crippen LogP contribution in [0, 0.1) is 16.7 Å². The van der Waals surface area contributed by atoms with E-state index in [4.69, 9.17) is 0 Å². The van der Waals surface area contributed by atoms with E-state index in [-0.39, 0.29) is 10.8 Å². The SMILES string of the molecule is C[C@H]1CN(C(=O)CC(C)(C)C)CC1(C)C. The van der Waals surface area contributed by atoms with Crippen LogP contribution in [0.15, 0.2) is 0 Å². The summed E-state index contributed by atoms with van der Waals surface area (Å²) in [6, 6.07) is 0. The lowest BCUT2D eigenvalue weighted by Crippen LogP contribution is -2.32. The topological polar surface area (TPSA) is 20.3 Å². The molecule has 0 spiro atoms. The zero-order valence-electron chi connectivity index (χ0n) is 11.1. The van der Waals surface area contributed by atoms with Gasteiger partial charge in [0.1, 0.15) is 0 Å². The minimum absolute atomic E-state index is 0.104. The fourth-order valence-corrected chi connectivity index (χ4v) is 2.05. The number of hydrogen-bond donors (Lipinski definition) is 0. The van der Waals surface area contributed by atoms with Crippen LogP contribution in [-0.2, 0) is 4.79 Å². The van der Waals surface area contributed by atoms with Crippen molar-refractivity contribution in [3.63, 3.8) is 0 Å². The van der Waals surface area contributed by atoms with E-state index in [1.807, 2.05) is 4.90 Å². The monoisotopic (exact) mass is 211 g/mol. The van der Waals surface area contributed by atoms with E-state index in [0.717, 1.165) is 13.1 Å². The van der Waals surface area contributed by atoms with Gasteiger partial charge in [-0.25, -0.2) is 0 Å². The smallest absolute Gasteiger partial charge is 0.223 e. The van der Waals surface area contributed by atoms with E-state index in [2.05, 4.69) is 41.5 Å². The van der Waals surface area contributed by atoms with Crippen molar-refractivity contribution in [1.82, 2.24) is 4.90 Å². The number of carbonyl (C=O) groups excluding carboxylic acids is 1. The van der Waals surface area contributed by atoms with Gasteiger partial charge in [-0.2, -0.15) is 0 Å². The molecule has 0 aromatic heterocycles. The highest BCUT2D eigenvalue weighted by Gasteiger charge is 2.38. The van der Waals surface area contributed by atoms with Crippen LogP contribution in [0.4, 0.5) is 0 Å². The molecule has 1 amide bonds. The van der Waals surface area contributed by atoms with Crippen molar-refractivity contribution >= 4 is 5.91 Å². The molecule has 0 aromatic carbocycles. The number of hydrogen-bond acceptors (Lipinski definition) is 1. The summed E-state index contributed by atoms with van der Waals surface area (Å²) in [5.74, 6) is 0.932. The minimum Gasteiger partial charge on any atom is -0.342 e. The highest BCUT2D eigenvalue weighted by molar-refractivity contribution is 5.77. The zero-order valence-corrected chi connectivity index (χ0v) is 11.1. The second-order valence-corrected chi connectivity index (χ2v) is 6.90. The third-order valence-electron chi connectivity index (χ3n) is 3.46. The molecule has 1 heterocycles. The van der Waals surface area contributed by atoms with E-state index >= 15 is 0 Å². The predicted octanol–water partition coefficient (Wildman–Crippen LogP) is 2.93. The van der Waals surface area contributed by atoms with Crippen LogP contribution in [0.5, 0.6) is 0 Å². The Morgan fingerprint density at radius 3 is 2.27 bits per heavy atom. The molecular formula is C13H25NO. The average molecular weight is 211 g/mol. The lowest BCUT2D eigenvalue weighted by molar-refractivity contribution is -0.132. The van der Waals surface area contributed by atoms with E-state index in [0.29, 0.717) is 18.2 Å². The average Bonchev–Trinajstić information content (AvgIpc) is 2.23. The Hall–Kier alpha value is -0.530. The summed E-state index contributed by atoms with van der Waals surface area (Å²) in [5.41, 5.74) is 0.389. The Bertz CT molecular complexity index is 250. The van der Waals surface area contributed by atoms with E-state index in [1.54, 1.807) is 0 Å². The molecule has 0 saturated carbocycles. The van der Waals surface area contributed by atoms with Crippen molar-refractivity contribution in [3.8, 4) is 0 Å². The summed E-state index contributed by atoms with van der Waals surface area (Å²) in [6.07, 6.45) is 0.662. The van der Waals surface area contributed by atoms with Crippen LogP contribution in [0.3, 0.4) is 0 Å². The molecule has 88 valence electrons. The molecule has 0 unspecified atom stereocenters. The zero-order chi connectivity index (χ0) is 11.9. The molecule has 2 nitrogen and oxygen atoms in total. The van der Waals surface area contributed by atoms with E-state index < -0.39 is 0 Å². The first-order valence-electron chi connectivity index (χ1n) is 5.90. The van der Waals surface area contributed by atoms with Gasteiger partial charge in [-0.1, -0.05) is 41.5 Å². The molecule has 1 saturated heterocycles. The Kier molecular flexibility index (Phi) is 3.18. The van der Waals surface area contributed by atoms with Crippen molar-refractivity contribution in [2.45, 2.75) is 48.0 Å². The molecule has 2 heteroatoms. The Morgan fingerprint density at radius 1 is 1.40 bits per heavy atom. The summed E-state index contributed by atoms with van der Waals surface area (Å²) in [5, 5.41) is 0. The second-order valence-electron chi connectivity index (χ2n) is 6.90. The number of likely N-dealkylation sites (tertiary alicyclic amines) is 1. The van der Waals surface area contributed by atoms with E-state index in [1.165, 1.54) is 0 Å². The number of rotatable bonds is 1. The maximum Gasteiger partial charge on any atom is 0.223 e. The Balaban J connectivity index is 2.58. The van der Waals surface area contributed by atoms with Crippen molar-refractivity contribution in [2.75, 3.05) is 13.1 Å². The van der Waals surface area contributed by atoms with Gasteiger partial charge in [0.25, 0.3) is 0 Å². The summed E-state index contributed by atoms with van der Waals surface area (Å²) in [4.78, 5) is 14.1. The maximum atomic E-state index is 12.0. The third-order valence-corrected chi connectivity index (χ3v) is 3.46. The van der Waals surface area contributed by atoms with Gasteiger partial charge < -0.3 is 4.90 Å². The van der Waals surface area contributed by atoms with Crippen LogP contribution in [0.1, 0.15) is 48.0 Å². The largest absolute Gasteiger partial charge is 0.342 e. The third kappa shape index (κ3) is 3.22. The van der Waals surface area contributed by atoms with Gasteiger partial charge in [-0.3, -0.25) is 4.79 Å². The Labute approximate surface area is 94.0 Å². The first kappa shape index (κ1) is 12.5. The van der Waals surface area contributed by atoms with Crippen molar-refractivity contribution in [1.29, 1.82) is 0 Å². The second kappa shape index (κ2) is 3.80. The van der Waals surface area contributed by atoms with Gasteiger partial charge >= 0.3 is 0 Å². The molecule has 0 aromatic rings. The highest BCUT2D eigenvalue weighted by atomic mass is 16.2. The van der Waals surface area contributed by atoms with Crippen molar-refractivity contribution < 1.29 is 4.79 Å². The number of amides is 1. The first-order valence-corrected chi connectivity index (χ1v) is 5.90. The fourth-order valence-electron chi connectivity index (χ4n) is 2.05. The molecule has 0 aliphatic carbocycles. The fraction of sp³-hybridized carbons (Fsp3) is 0.923. The van der Waals surface area contributed by atoms with Gasteiger partial charge in [-0.05, 0) is 16.7 Å². The van der Waals surface area contributed by atoms with Gasteiger partial charge in [0.15, 0.2) is 0 Å². The van der Waals surface area contributed by atoms with Gasteiger partial charge in [-0.15, -0.1) is 0 Å². The van der Waals surface area contributed by atoms with Gasteiger partial charge in [0.05, 0.1) is 0 Å². The van der Waals surface area contributed by atoms with Crippen LogP contribution in [0.25, 0.3) is 0 Å². The summed E-state index contributed by atoms with van der Waals surface area (Å²) in [7, 11) is 0. The van der Waals surface area contributed by atoms with Crippen LogP contribution >= 0.6 is 0 Å². The minimum atomic E-state index is 0.104. The molecular weight excluding hydrogens is 186 g/mol. The molecule has 15 heavy (non-hydrogen) atoms. The molecule has 0 N–H and O–H groups in total.